The normalized spacial score (nSPS) is 10.9. The van der Waals surface area contributed by atoms with E-state index in [1.165, 1.54) is 0 Å². The Morgan fingerprint density at radius 3 is 2.58 bits per heavy atom. The molecule has 0 amide bonds. The second-order valence-electron chi connectivity index (χ2n) is 4.33. The smallest absolute Gasteiger partial charge is 0.201 e. The monoisotopic (exact) mass is 259 g/mol. The fraction of sp³-hybridized carbons (Fsp3) is 0.308. The van der Waals surface area contributed by atoms with E-state index < -0.39 is 0 Å². The summed E-state index contributed by atoms with van der Waals surface area (Å²) >= 11 is 0. The molecule has 0 unspecified atom stereocenters. The average molecular weight is 259 g/mol. The molecule has 4 N–H and O–H groups in total. The third-order valence-corrected chi connectivity index (χ3v) is 2.10. The van der Waals surface area contributed by atoms with Crippen molar-refractivity contribution in [3.8, 4) is 11.8 Å². The molecule has 0 aliphatic carbocycles. The van der Waals surface area contributed by atoms with Crippen LogP contribution in [0.2, 0.25) is 0 Å². The predicted octanol–water partition coefficient (Wildman–Crippen LogP) is 1.95. The first kappa shape index (κ1) is 14.5. The third-order valence-electron chi connectivity index (χ3n) is 2.10. The van der Waals surface area contributed by atoms with Crippen LogP contribution < -0.4 is 15.9 Å². The fourth-order valence-corrected chi connectivity index (χ4v) is 1.15. The van der Waals surface area contributed by atoms with Gasteiger partial charge in [-0.15, -0.1) is 0 Å². The third kappa shape index (κ3) is 5.08. The summed E-state index contributed by atoms with van der Waals surface area (Å²) in [5, 5.41) is 19.5. The highest BCUT2D eigenvalue weighted by Crippen LogP contribution is 2.16. The minimum Gasteiger partial charge on any atom is -0.493 e. The largest absolute Gasteiger partial charge is 0.493 e. The van der Waals surface area contributed by atoms with Crippen LogP contribution in [0.5, 0.6) is 5.75 Å². The molecular weight excluding hydrogens is 242 g/mol. The number of benzene rings is 1. The van der Waals surface area contributed by atoms with Gasteiger partial charge < -0.3 is 10.5 Å². The molecule has 6 heteroatoms. The topological polar surface area (TPSA) is 107 Å². The van der Waals surface area contributed by atoms with Gasteiger partial charge in [-0.1, -0.05) is 13.8 Å². The molecule has 1 aromatic carbocycles. The van der Waals surface area contributed by atoms with E-state index in [-0.39, 0.29) is 11.5 Å². The number of hydrazone groups is 1. The van der Waals surface area contributed by atoms with Crippen molar-refractivity contribution in [3.05, 3.63) is 24.3 Å². The van der Waals surface area contributed by atoms with Crippen molar-refractivity contribution in [1.29, 1.82) is 10.7 Å². The van der Waals surface area contributed by atoms with E-state index in [0.29, 0.717) is 18.2 Å². The quantitative estimate of drug-likeness (QED) is 0.412. The lowest BCUT2D eigenvalue weighted by atomic mass is 10.2. The molecule has 1 rings (SSSR count). The number of nitrogens with zero attached hydrogens (tertiary/aromatic N) is 2. The Morgan fingerprint density at radius 1 is 1.47 bits per heavy atom. The van der Waals surface area contributed by atoms with Crippen molar-refractivity contribution < 1.29 is 4.74 Å². The van der Waals surface area contributed by atoms with Crippen molar-refractivity contribution in [2.75, 3.05) is 12.0 Å². The summed E-state index contributed by atoms with van der Waals surface area (Å²) in [6.45, 7) is 4.82. The zero-order valence-electron chi connectivity index (χ0n) is 11.0. The van der Waals surface area contributed by atoms with Crippen LogP contribution in [0, 0.1) is 22.7 Å². The van der Waals surface area contributed by atoms with Crippen LogP contribution in [-0.4, -0.2) is 18.2 Å². The maximum Gasteiger partial charge on any atom is 0.201 e. The Kier molecular flexibility index (Phi) is 5.35. The number of amidine groups is 1. The molecule has 0 saturated heterocycles. The molecule has 0 aliphatic heterocycles. The zero-order chi connectivity index (χ0) is 14.3. The van der Waals surface area contributed by atoms with Crippen LogP contribution in [0.25, 0.3) is 0 Å². The van der Waals surface area contributed by atoms with Gasteiger partial charge in [-0.25, -0.2) is 0 Å². The van der Waals surface area contributed by atoms with Crippen molar-refractivity contribution in [2.24, 2.45) is 16.8 Å². The van der Waals surface area contributed by atoms with Gasteiger partial charge >= 0.3 is 0 Å². The van der Waals surface area contributed by atoms with Gasteiger partial charge in [0.1, 0.15) is 11.8 Å². The summed E-state index contributed by atoms with van der Waals surface area (Å²) in [7, 11) is 0. The number of nitriles is 1. The second-order valence-corrected chi connectivity index (χ2v) is 4.33. The molecule has 0 spiro atoms. The Morgan fingerprint density at radius 2 is 2.11 bits per heavy atom. The van der Waals surface area contributed by atoms with E-state index >= 15 is 0 Å². The van der Waals surface area contributed by atoms with Gasteiger partial charge in [0.2, 0.25) is 5.71 Å². The van der Waals surface area contributed by atoms with Gasteiger partial charge in [-0.05, 0) is 30.2 Å². The Hall–Kier alpha value is -2.55. The van der Waals surface area contributed by atoms with Crippen LogP contribution in [0.15, 0.2) is 29.4 Å². The summed E-state index contributed by atoms with van der Waals surface area (Å²) in [4.78, 5) is 0. The lowest BCUT2D eigenvalue weighted by Crippen LogP contribution is -2.21. The van der Waals surface area contributed by atoms with Gasteiger partial charge in [-0.2, -0.15) is 10.4 Å². The van der Waals surface area contributed by atoms with E-state index in [9.17, 15) is 0 Å². The molecule has 6 nitrogen and oxygen atoms in total. The summed E-state index contributed by atoms with van der Waals surface area (Å²) in [5.74, 6) is 0.873. The van der Waals surface area contributed by atoms with Crippen molar-refractivity contribution >= 4 is 17.2 Å². The molecule has 0 aliphatic rings. The van der Waals surface area contributed by atoms with Crippen LogP contribution in [0.4, 0.5) is 5.69 Å². The van der Waals surface area contributed by atoms with Gasteiger partial charge in [0, 0.05) is 0 Å². The second kappa shape index (κ2) is 7.01. The first-order chi connectivity index (χ1) is 9.02. The summed E-state index contributed by atoms with van der Waals surface area (Å²) in [6, 6.07) is 8.88. The van der Waals surface area contributed by atoms with E-state index in [2.05, 4.69) is 24.4 Å². The minimum atomic E-state index is -0.369. The first-order valence-corrected chi connectivity index (χ1v) is 5.84. The molecular formula is C13H17N5O. The number of ether oxygens (including phenoxy) is 1. The number of hydrogen-bond donors (Lipinski definition) is 3. The molecule has 0 heterocycles. The molecule has 0 aromatic heterocycles. The van der Waals surface area contributed by atoms with Gasteiger partial charge in [0.05, 0.1) is 12.3 Å². The van der Waals surface area contributed by atoms with E-state index in [0.717, 1.165) is 5.75 Å². The lowest BCUT2D eigenvalue weighted by Gasteiger charge is -2.09. The maximum absolute atomic E-state index is 8.68. The maximum atomic E-state index is 8.68. The molecule has 0 fully saturated rings. The number of hydrogen-bond acceptors (Lipinski definition) is 5. The van der Waals surface area contributed by atoms with Crippen LogP contribution >= 0.6 is 0 Å². The SMILES string of the molecule is CC(C)COc1ccc(N/N=C(\C#N)C(=N)N)cc1. The molecule has 100 valence electrons. The molecule has 0 saturated carbocycles. The van der Waals surface area contributed by atoms with E-state index in [1.54, 1.807) is 30.3 Å². The van der Waals surface area contributed by atoms with Crippen molar-refractivity contribution in [1.82, 2.24) is 0 Å². The van der Waals surface area contributed by atoms with E-state index in [4.69, 9.17) is 21.1 Å². The average Bonchev–Trinajstić information content (AvgIpc) is 2.38. The Bertz CT molecular complexity index is 499. The van der Waals surface area contributed by atoms with Crippen molar-refractivity contribution in [3.63, 3.8) is 0 Å². The van der Waals surface area contributed by atoms with Crippen molar-refractivity contribution in [2.45, 2.75) is 13.8 Å². The van der Waals surface area contributed by atoms with Crippen LogP contribution in [0.3, 0.4) is 0 Å². The standard InChI is InChI=1S/C13H17N5O/c1-9(2)8-19-11-5-3-10(4-6-11)17-18-12(7-14)13(15)16/h3-6,9,17H,8H2,1-2H3,(H3,15,16)/b18-12+. The van der Waals surface area contributed by atoms with Gasteiger partial charge in [-0.3, -0.25) is 10.8 Å². The molecule has 19 heavy (non-hydrogen) atoms. The van der Waals surface area contributed by atoms with Gasteiger partial charge in [0.25, 0.3) is 0 Å². The van der Waals surface area contributed by atoms with Gasteiger partial charge in [0.15, 0.2) is 5.84 Å². The summed E-state index contributed by atoms with van der Waals surface area (Å²) in [5.41, 5.74) is 8.36. The summed E-state index contributed by atoms with van der Waals surface area (Å²) < 4.78 is 5.54. The number of anilines is 1. The number of nitrogens with two attached hydrogens (primary N) is 1. The summed E-state index contributed by atoms with van der Waals surface area (Å²) in [6.07, 6.45) is 0. The fourth-order valence-electron chi connectivity index (χ4n) is 1.15. The zero-order valence-corrected chi connectivity index (χ0v) is 11.0. The highest BCUT2D eigenvalue weighted by molar-refractivity contribution is 6.45. The molecule has 1 aromatic rings. The van der Waals surface area contributed by atoms with Crippen LogP contribution in [-0.2, 0) is 0 Å². The first-order valence-electron chi connectivity index (χ1n) is 5.84. The molecule has 0 atom stereocenters. The molecule has 0 radical (unpaired) electrons. The van der Waals surface area contributed by atoms with Crippen LogP contribution in [0.1, 0.15) is 13.8 Å². The highest BCUT2D eigenvalue weighted by atomic mass is 16.5. The number of nitrogens with one attached hydrogen (secondary N) is 2. The van der Waals surface area contributed by atoms with E-state index in [1.807, 2.05) is 0 Å². The highest BCUT2D eigenvalue weighted by Gasteiger charge is 2.01. The molecule has 0 bridgehead atoms. The Labute approximate surface area is 112 Å². The lowest BCUT2D eigenvalue weighted by molar-refractivity contribution is 0.271. The number of rotatable bonds is 6. The Balaban J connectivity index is 2.62. The predicted molar refractivity (Wildman–Crippen MR) is 75.4 cm³/mol. The minimum absolute atomic E-state index is 0.153.